The number of piperidine rings is 1. The highest BCUT2D eigenvalue weighted by Gasteiger charge is 2.31. The number of aromatic nitrogens is 1. The van der Waals surface area contributed by atoms with E-state index >= 15 is 0 Å². The number of aliphatic hydroxyl groups is 1. The summed E-state index contributed by atoms with van der Waals surface area (Å²) >= 11 is 3.73. The fraction of sp³-hybridized carbons (Fsp3) is 0.500. The Morgan fingerprint density at radius 1 is 1.31 bits per heavy atom. The molecule has 8 heteroatoms. The fourth-order valence-corrected chi connectivity index (χ4v) is 7.34. The Balaban J connectivity index is 1.32. The fourth-order valence-electron chi connectivity index (χ4n) is 5.25. The lowest BCUT2D eigenvalue weighted by atomic mass is 9.79. The Morgan fingerprint density at radius 2 is 2.17 bits per heavy atom. The summed E-state index contributed by atoms with van der Waals surface area (Å²) < 4.78 is 6.76. The molecule has 1 unspecified atom stereocenters. The number of thioether (sulfide) groups is 1. The smallest absolute Gasteiger partial charge is 0.303 e. The number of carboxylic acids is 1. The van der Waals surface area contributed by atoms with Crippen molar-refractivity contribution in [3.63, 3.8) is 0 Å². The zero-order valence-corrected chi connectivity index (χ0v) is 22.7. The number of fused-ring (bicyclic) bond motifs is 1. The molecule has 194 valence electrons. The number of pyridine rings is 1. The van der Waals surface area contributed by atoms with Crippen LogP contribution < -0.4 is 4.74 Å². The molecule has 36 heavy (non-hydrogen) atoms. The van der Waals surface area contributed by atoms with Gasteiger partial charge in [0.1, 0.15) is 5.75 Å². The largest absolute Gasteiger partial charge is 0.497 e. The maximum atomic E-state index is 11.6. The van der Waals surface area contributed by atoms with Crippen molar-refractivity contribution in [1.29, 1.82) is 0 Å². The second kappa shape index (κ2) is 12.9. The highest BCUT2D eigenvalue weighted by molar-refractivity contribution is 8.01. The number of thiophene rings is 1. The number of rotatable bonds is 12. The Hall–Kier alpha value is -2.13. The van der Waals surface area contributed by atoms with Crippen LogP contribution in [-0.2, 0) is 4.79 Å². The molecule has 3 atom stereocenters. The molecule has 1 aliphatic rings. The first-order chi connectivity index (χ1) is 17.4. The second-order valence-corrected chi connectivity index (χ2v) is 12.0. The second-order valence-electron chi connectivity index (χ2n) is 9.68. The van der Waals surface area contributed by atoms with Gasteiger partial charge in [-0.05, 0) is 104 Å². The van der Waals surface area contributed by atoms with Gasteiger partial charge in [-0.2, -0.15) is 0 Å². The summed E-state index contributed by atoms with van der Waals surface area (Å²) in [6, 6.07) is 9.74. The van der Waals surface area contributed by atoms with E-state index in [1.807, 2.05) is 36.0 Å². The Bertz CT molecular complexity index is 1150. The summed E-state index contributed by atoms with van der Waals surface area (Å²) in [5, 5.41) is 23.7. The van der Waals surface area contributed by atoms with Gasteiger partial charge in [-0.3, -0.25) is 9.78 Å². The van der Waals surface area contributed by atoms with E-state index in [0.717, 1.165) is 66.9 Å². The van der Waals surface area contributed by atoms with Gasteiger partial charge < -0.3 is 19.8 Å². The highest BCUT2D eigenvalue weighted by atomic mass is 32.2. The summed E-state index contributed by atoms with van der Waals surface area (Å²) in [6.07, 6.45) is 4.80. The van der Waals surface area contributed by atoms with Crippen molar-refractivity contribution in [3.8, 4) is 5.75 Å². The van der Waals surface area contributed by atoms with Crippen LogP contribution in [0.5, 0.6) is 5.75 Å². The summed E-state index contributed by atoms with van der Waals surface area (Å²) in [7, 11) is 1.63. The van der Waals surface area contributed by atoms with Crippen LogP contribution in [0, 0.1) is 18.8 Å². The molecule has 0 amide bonds. The summed E-state index contributed by atoms with van der Waals surface area (Å²) in [6.45, 7) is 4.99. The minimum atomic E-state index is -0.733. The van der Waals surface area contributed by atoms with Crippen LogP contribution in [0.2, 0.25) is 0 Å². The Morgan fingerprint density at radius 3 is 2.92 bits per heavy atom. The number of likely N-dealkylation sites (tertiary alicyclic amines) is 1. The highest BCUT2D eigenvalue weighted by Crippen LogP contribution is 2.35. The van der Waals surface area contributed by atoms with Crippen molar-refractivity contribution in [2.24, 2.45) is 11.8 Å². The third-order valence-corrected chi connectivity index (χ3v) is 9.76. The molecule has 2 aromatic heterocycles. The third kappa shape index (κ3) is 7.00. The van der Waals surface area contributed by atoms with Gasteiger partial charge in [-0.15, -0.1) is 23.1 Å². The molecule has 0 spiro atoms. The van der Waals surface area contributed by atoms with Crippen molar-refractivity contribution in [1.82, 2.24) is 9.88 Å². The van der Waals surface area contributed by atoms with Crippen LogP contribution >= 0.6 is 23.1 Å². The molecule has 3 heterocycles. The lowest BCUT2D eigenvalue weighted by Crippen LogP contribution is -2.42. The zero-order chi connectivity index (χ0) is 25.5. The maximum absolute atomic E-state index is 11.6. The number of nitrogens with zero attached hydrogens (tertiary/aromatic N) is 2. The van der Waals surface area contributed by atoms with Crippen molar-refractivity contribution in [2.45, 2.75) is 49.3 Å². The van der Waals surface area contributed by atoms with Crippen molar-refractivity contribution in [3.05, 3.63) is 53.0 Å². The molecule has 0 radical (unpaired) electrons. The zero-order valence-electron chi connectivity index (χ0n) is 21.1. The quantitative estimate of drug-likeness (QED) is 0.220. The lowest BCUT2D eigenvalue weighted by Gasteiger charge is -2.38. The van der Waals surface area contributed by atoms with E-state index < -0.39 is 12.1 Å². The van der Waals surface area contributed by atoms with Gasteiger partial charge >= 0.3 is 5.97 Å². The molecule has 3 aromatic rings. The van der Waals surface area contributed by atoms with E-state index in [4.69, 9.17) is 4.74 Å². The summed E-state index contributed by atoms with van der Waals surface area (Å²) in [5.74, 6) is 1.51. The van der Waals surface area contributed by atoms with Crippen LogP contribution in [0.4, 0.5) is 0 Å². The Kier molecular flexibility index (Phi) is 9.65. The molecule has 1 fully saturated rings. The molecule has 6 nitrogen and oxygen atoms in total. The number of benzene rings is 1. The van der Waals surface area contributed by atoms with Crippen LogP contribution in [0.25, 0.3) is 10.9 Å². The van der Waals surface area contributed by atoms with Crippen LogP contribution in [-0.4, -0.2) is 58.6 Å². The number of aliphatic hydroxyl groups excluding tert-OH is 1. The third-order valence-electron chi connectivity index (χ3n) is 7.23. The first-order valence-electron chi connectivity index (χ1n) is 12.7. The van der Waals surface area contributed by atoms with Crippen LogP contribution in [0.15, 0.2) is 46.1 Å². The molecule has 0 saturated carbocycles. The van der Waals surface area contributed by atoms with Crippen LogP contribution in [0.3, 0.4) is 0 Å². The molecular formula is C28H36N2O4S2. The van der Waals surface area contributed by atoms with E-state index in [0.29, 0.717) is 12.3 Å². The number of aryl methyl sites for hydroxylation is 1. The normalized spacial score (nSPS) is 19.4. The molecule has 0 aliphatic carbocycles. The molecule has 4 rings (SSSR count). The topological polar surface area (TPSA) is 82.9 Å². The van der Waals surface area contributed by atoms with Gasteiger partial charge in [0.25, 0.3) is 0 Å². The molecule has 2 N–H and O–H groups in total. The number of ether oxygens (including phenoxy) is 1. The van der Waals surface area contributed by atoms with E-state index in [1.165, 1.54) is 9.77 Å². The average Bonchev–Trinajstić information content (AvgIpc) is 3.29. The summed E-state index contributed by atoms with van der Waals surface area (Å²) in [5.41, 5.74) is 3.04. The van der Waals surface area contributed by atoms with E-state index in [2.05, 4.69) is 28.3 Å². The van der Waals surface area contributed by atoms with E-state index in [9.17, 15) is 15.0 Å². The predicted octanol–water partition coefficient (Wildman–Crippen LogP) is 6.02. The van der Waals surface area contributed by atoms with Gasteiger partial charge in [-0.25, -0.2) is 0 Å². The minimum absolute atomic E-state index is 0.116. The molecular weight excluding hydrogens is 492 g/mol. The predicted molar refractivity (Wildman–Crippen MR) is 147 cm³/mol. The molecule has 0 bridgehead atoms. The van der Waals surface area contributed by atoms with Gasteiger partial charge in [0.2, 0.25) is 0 Å². The standard InChI is InChI=1S/C28H36N2O4S2/c1-19-10-15-36-28(19)35-14-3-12-30-13-9-20(21(18-30)16-27(32)33)4-7-26(31)23-8-11-29-25-6-5-22(34-2)17-24(23)25/h5-6,8,10-11,15,17,20-21,26,31H,3-4,7,9,12-14,16,18H2,1-2H3,(H,32,33)/t20-,21+,26?/m1/s1. The number of carbonyl (C=O) groups is 1. The van der Waals surface area contributed by atoms with E-state index in [-0.39, 0.29) is 12.3 Å². The number of hydrogen-bond acceptors (Lipinski definition) is 7. The van der Waals surface area contributed by atoms with Gasteiger partial charge in [0, 0.05) is 30.3 Å². The Labute approximate surface area is 221 Å². The van der Waals surface area contributed by atoms with Crippen molar-refractivity contribution in [2.75, 3.05) is 32.5 Å². The van der Waals surface area contributed by atoms with Gasteiger partial charge in [-0.1, -0.05) is 0 Å². The van der Waals surface area contributed by atoms with E-state index in [1.54, 1.807) is 24.6 Å². The first-order valence-corrected chi connectivity index (χ1v) is 14.5. The van der Waals surface area contributed by atoms with Crippen LogP contribution in [0.1, 0.15) is 49.3 Å². The molecule has 1 aromatic carbocycles. The first kappa shape index (κ1) is 26.9. The number of carboxylic acid groups (broad SMARTS) is 1. The number of hydrogen-bond donors (Lipinski definition) is 2. The number of aliphatic carboxylic acids is 1. The monoisotopic (exact) mass is 528 g/mol. The maximum Gasteiger partial charge on any atom is 0.303 e. The average molecular weight is 529 g/mol. The molecule has 1 saturated heterocycles. The summed E-state index contributed by atoms with van der Waals surface area (Å²) in [4.78, 5) is 18.5. The van der Waals surface area contributed by atoms with Crippen molar-refractivity contribution >= 4 is 40.0 Å². The van der Waals surface area contributed by atoms with Gasteiger partial charge in [0.15, 0.2) is 0 Å². The number of methoxy groups -OCH3 is 1. The van der Waals surface area contributed by atoms with Crippen molar-refractivity contribution < 1.29 is 19.7 Å². The minimum Gasteiger partial charge on any atom is -0.497 e. The molecule has 1 aliphatic heterocycles. The SMILES string of the molecule is COc1ccc2nccc(C(O)CC[C@@H]3CCN(CCCSc4sccc4C)C[C@@H]3CC(=O)O)c2c1. The van der Waals surface area contributed by atoms with Gasteiger partial charge in [0.05, 0.1) is 22.9 Å². The lowest BCUT2D eigenvalue weighted by molar-refractivity contribution is -0.139.